The largest absolute Gasteiger partial charge is 0.367 e. The van der Waals surface area contributed by atoms with Crippen molar-refractivity contribution in [1.82, 2.24) is 10.2 Å². The van der Waals surface area contributed by atoms with Gasteiger partial charge in [0.1, 0.15) is 0 Å². The zero-order valence-corrected chi connectivity index (χ0v) is 9.72. The van der Waals surface area contributed by atoms with Crippen molar-refractivity contribution in [2.24, 2.45) is 5.73 Å². The van der Waals surface area contributed by atoms with E-state index in [4.69, 9.17) is 10.5 Å². The quantitative estimate of drug-likeness (QED) is 0.834. The fourth-order valence-electron chi connectivity index (χ4n) is 2.25. The second-order valence-electron chi connectivity index (χ2n) is 4.31. The number of carbonyl (C=O) groups excluding carboxylic acids is 1. The van der Waals surface area contributed by atoms with Crippen LogP contribution in [0.25, 0.3) is 0 Å². The third-order valence-electron chi connectivity index (χ3n) is 3.18. The molecule has 3 rings (SSSR count). The Labute approximate surface area is 104 Å². The highest BCUT2D eigenvalue weighted by molar-refractivity contribution is 5.92. The van der Waals surface area contributed by atoms with Gasteiger partial charge in [0, 0.05) is 12.0 Å². The minimum Gasteiger partial charge on any atom is -0.367 e. The molecule has 2 aromatic rings. The first-order valence-electron chi connectivity index (χ1n) is 5.78. The van der Waals surface area contributed by atoms with Gasteiger partial charge in [0.15, 0.2) is 5.69 Å². The molecule has 0 fully saturated rings. The van der Waals surface area contributed by atoms with E-state index >= 15 is 0 Å². The first-order valence-corrected chi connectivity index (χ1v) is 5.78. The lowest BCUT2D eigenvalue weighted by Crippen LogP contribution is -2.19. The molecule has 5 heteroatoms. The highest BCUT2D eigenvalue weighted by Crippen LogP contribution is 2.30. The van der Waals surface area contributed by atoms with Gasteiger partial charge in [-0.2, -0.15) is 5.10 Å². The molecule has 1 aliphatic rings. The monoisotopic (exact) mass is 243 g/mol. The van der Waals surface area contributed by atoms with Crippen LogP contribution in [-0.2, 0) is 17.8 Å². The van der Waals surface area contributed by atoms with Crippen LogP contribution in [0.3, 0.4) is 0 Å². The molecule has 0 bridgehead atoms. The number of primary amides is 1. The summed E-state index contributed by atoms with van der Waals surface area (Å²) >= 11 is 0. The minimum atomic E-state index is -0.499. The predicted octanol–water partition coefficient (Wildman–Crippen LogP) is 1.32. The molecule has 0 radical (unpaired) electrons. The van der Waals surface area contributed by atoms with E-state index in [1.165, 1.54) is 0 Å². The van der Waals surface area contributed by atoms with Gasteiger partial charge in [-0.15, -0.1) is 0 Å². The lowest BCUT2D eigenvalue weighted by atomic mass is 9.97. The van der Waals surface area contributed by atoms with Gasteiger partial charge < -0.3 is 10.5 Å². The summed E-state index contributed by atoms with van der Waals surface area (Å²) < 4.78 is 5.76. The summed E-state index contributed by atoms with van der Waals surface area (Å²) in [6.07, 6.45) is 0.572. The number of nitrogens with one attached hydrogen (secondary N) is 1. The number of benzene rings is 1. The summed E-state index contributed by atoms with van der Waals surface area (Å²) in [7, 11) is 0. The number of nitrogens with zero attached hydrogens (tertiary/aromatic N) is 1. The summed E-state index contributed by atoms with van der Waals surface area (Å²) in [5.41, 5.74) is 8.45. The average molecular weight is 243 g/mol. The van der Waals surface area contributed by atoms with Gasteiger partial charge in [-0.3, -0.25) is 9.89 Å². The molecule has 1 aromatic carbocycles. The summed E-state index contributed by atoms with van der Waals surface area (Å²) in [4.78, 5) is 11.3. The molecule has 2 heterocycles. The smallest absolute Gasteiger partial charge is 0.269 e. The fourth-order valence-corrected chi connectivity index (χ4v) is 2.25. The van der Waals surface area contributed by atoms with E-state index in [2.05, 4.69) is 10.2 Å². The first kappa shape index (κ1) is 11.0. The van der Waals surface area contributed by atoms with Crippen LogP contribution in [0.5, 0.6) is 0 Å². The number of hydrogen-bond acceptors (Lipinski definition) is 3. The molecule has 1 unspecified atom stereocenters. The number of H-pyrrole nitrogens is 1. The second-order valence-corrected chi connectivity index (χ2v) is 4.31. The van der Waals surface area contributed by atoms with Crippen molar-refractivity contribution < 1.29 is 9.53 Å². The Morgan fingerprint density at radius 2 is 2.17 bits per heavy atom. The van der Waals surface area contributed by atoms with Crippen molar-refractivity contribution in [1.29, 1.82) is 0 Å². The van der Waals surface area contributed by atoms with E-state index in [1.54, 1.807) is 0 Å². The highest BCUT2D eigenvalue weighted by atomic mass is 16.5. The Kier molecular flexibility index (Phi) is 2.60. The van der Waals surface area contributed by atoms with E-state index < -0.39 is 5.91 Å². The summed E-state index contributed by atoms with van der Waals surface area (Å²) in [5, 5.41) is 6.75. The molecule has 0 spiro atoms. The van der Waals surface area contributed by atoms with E-state index in [0.29, 0.717) is 18.7 Å². The van der Waals surface area contributed by atoms with E-state index in [9.17, 15) is 4.79 Å². The van der Waals surface area contributed by atoms with Gasteiger partial charge in [0.2, 0.25) is 0 Å². The second kappa shape index (κ2) is 4.27. The van der Waals surface area contributed by atoms with Gasteiger partial charge in [-0.05, 0) is 5.56 Å². The van der Waals surface area contributed by atoms with Crippen molar-refractivity contribution in [2.75, 3.05) is 0 Å². The number of nitrogens with two attached hydrogens (primary N) is 1. The van der Waals surface area contributed by atoms with Crippen LogP contribution in [0.15, 0.2) is 30.3 Å². The van der Waals surface area contributed by atoms with Crippen molar-refractivity contribution in [2.45, 2.75) is 19.1 Å². The lowest BCUT2D eigenvalue weighted by Gasteiger charge is -2.23. The molecule has 1 aliphatic heterocycles. The molecular formula is C13H13N3O2. The molecule has 1 amide bonds. The molecule has 5 nitrogen and oxygen atoms in total. The maximum Gasteiger partial charge on any atom is 0.269 e. The third kappa shape index (κ3) is 1.78. The van der Waals surface area contributed by atoms with E-state index in [0.717, 1.165) is 16.8 Å². The molecule has 18 heavy (non-hydrogen) atoms. The van der Waals surface area contributed by atoms with Gasteiger partial charge in [0.05, 0.1) is 18.4 Å². The highest BCUT2D eigenvalue weighted by Gasteiger charge is 2.26. The number of carbonyl (C=O) groups is 1. The number of aromatic amines is 1. The molecule has 0 aliphatic carbocycles. The summed E-state index contributed by atoms with van der Waals surface area (Å²) in [5.74, 6) is -0.499. The van der Waals surface area contributed by atoms with Gasteiger partial charge in [0.25, 0.3) is 5.91 Å². The molecule has 1 aromatic heterocycles. The van der Waals surface area contributed by atoms with Crippen LogP contribution in [0, 0.1) is 0 Å². The first-order chi connectivity index (χ1) is 8.75. The van der Waals surface area contributed by atoms with Crippen LogP contribution >= 0.6 is 0 Å². The lowest BCUT2D eigenvalue weighted by molar-refractivity contribution is 0.0254. The Balaban J connectivity index is 1.93. The number of aromatic nitrogens is 2. The number of rotatable bonds is 2. The van der Waals surface area contributed by atoms with Crippen LogP contribution in [0.4, 0.5) is 0 Å². The average Bonchev–Trinajstić information content (AvgIpc) is 2.82. The normalized spacial score (nSPS) is 18.3. The third-order valence-corrected chi connectivity index (χ3v) is 3.18. The molecule has 92 valence electrons. The Hall–Kier alpha value is -2.14. The van der Waals surface area contributed by atoms with E-state index in [-0.39, 0.29) is 6.10 Å². The molecular weight excluding hydrogens is 230 g/mol. The molecule has 0 saturated heterocycles. The van der Waals surface area contributed by atoms with Crippen LogP contribution in [0.1, 0.15) is 33.4 Å². The van der Waals surface area contributed by atoms with Crippen LogP contribution in [0.2, 0.25) is 0 Å². The number of amides is 1. The van der Waals surface area contributed by atoms with Crippen LogP contribution < -0.4 is 5.73 Å². The number of ether oxygens (including phenoxy) is 1. The van der Waals surface area contributed by atoms with Gasteiger partial charge in [-0.1, -0.05) is 30.3 Å². The van der Waals surface area contributed by atoms with Crippen molar-refractivity contribution in [3.05, 3.63) is 52.8 Å². The standard InChI is InChI=1S/C13H13N3O2/c14-13(17)12-9-6-11(8-4-2-1-3-5-8)18-7-10(9)15-16-12/h1-5,11H,6-7H2,(H2,14,17)(H,15,16). The Morgan fingerprint density at radius 1 is 1.39 bits per heavy atom. The van der Waals surface area contributed by atoms with Gasteiger partial charge in [-0.25, -0.2) is 0 Å². The SMILES string of the molecule is NC(=O)c1n[nH]c2c1CC(c1ccccc1)OC2. The Bertz CT molecular complexity index is 577. The van der Waals surface area contributed by atoms with E-state index in [1.807, 2.05) is 30.3 Å². The maximum absolute atomic E-state index is 11.3. The topological polar surface area (TPSA) is 81.0 Å². The van der Waals surface area contributed by atoms with Crippen molar-refractivity contribution in [3.63, 3.8) is 0 Å². The Morgan fingerprint density at radius 3 is 2.89 bits per heavy atom. The molecule has 1 atom stereocenters. The molecule has 3 N–H and O–H groups in total. The summed E-state index contributed by atoms with van der Waals surface area (Å²) in [6, 6.07) is 9.93. The summed E-state index contributed by atoms with van der Waals surface area (Å²) in [6.45, 7) is 0.426. The minimum absolute atomic E-state index is 0.0469. The zero-order valence-electron chi connectivity index (χ0n) is 9.72. The van der Waals surface area contributed by atoms with Crippen LogP contribution in [-0.4, -0.2) is 16.1 Å². The fraction of sp³-hybridized carbons (Fsp3) is 0.231. The number of hydrogen-bond donors (Lipinski definition) is 2. The zero-order chi connectivity index (χ0) is 12.5. The predicted molar refractivity (Wildman–Crippen MR) is 64.8 cm³/mol. The maximum atomic E-state index is 11.3. The van der Waals surface area contributed by atoms with Gasteiger partial charge >= 0.3 is 0 Å². The number of fused-ring (bicyclic) bond motifs is 1. The molecule has 0 saturated carbocycles. The van der Waals surface area contributed by atoms with Crippen molar-refractivity contribution >= 4 is 5.91 Å². The van der Waals surface area contributed by atoms with Crippen molar-refractivity contribution in [3.8, 4) is 0 Å².